The average Bonchev–Trinajstić information content (AvgIpc) is 3.15. The number of hydrogen-bond acceptors (Lipinski definition) is 2. The second-order valence-electron chi connectivity index (χ2n) is 15.9. The van der Waals surface area contributed by atoms with E-state index in [1.807, 2.05) is 0 Å². The lowest BCUT2D eigenvalue weighted by atomic mass is 9.70. The number of nitrogens with zero attached hydrogens (tertiary/aromatic N) is 2. The van der Waals surface area contributed by atoms with Gasteiger partial charge in [0, 0.05) is 47.8 Å². The largest absolute Gasteiger partial charge is 0.367 e. The van der Waals surface area contributed by atoms with Crippen LogP contribution in [0, 0.1) is 23.7 Å². The Morgan fingerprint density at radius 3 is 2.44 bits per heavy atom. The summed E-state index contributed by atoms with van der Waals surface area (Å²) in [4.78, 5) is 5.75. The maximum atomic E-state index is 2.92. The summed E-state index contributed by atoms with van der Waals surface area (Å²) in [6, 6.07) is 1.49. The molecule has 0 spiro atoms. The van der Waals surface area contributed by atoms with E-state index in [0.717, 1.165) is 31.7 Å². The van der Waals surface area contributed by atoms with Crippen LogP contribution >= 0.6 is 0 Å². The third-order valence-corrected chi connectivity index (χ3v) is 13.1. The normalized spacial score (nSPS) is 35.4. The first-order valence-corrected chi connectivity index (χ1v) is 19.8. The standard InChI is InChI=1S/C46H58N2/c1-34-14-10-11-33-47(39-29-27-38(28-30-39)43-22-12-18-37-17-8-9-21-42(37)43)44-23-13-24-45(46(34)44)48(40-19-6-3-7-20-40)41-31-25-36(26-32-41)35-15-4-2-5-16-35/h2,4,9-11,13-15,21-22,24-25,27,29,31-32,36-37,40,42,44-46H,3,5-8,12,16-20,23,26,28,30,33H2,1H3/b11-10-,34-14+. The SMILES string of the molecule is C/C1=C\C=C/CN(C2=CC=C(C3=CCCC4CCC=CC34)CC2)C2CC=CC(N(C3=CCC(C4=CC=CCC4)C=C3)C3CCCCC3)C12. The molecule has 6 unspecified atom stereocenters. The topological polar surface area (TPSA) is 6.48 Å². The maximum absolute atomic E-state index is 2.92. The Morgan fingerprint density at radius 2 is 1.62 bits per heavy atom. The molecule has 48 heavy (non-hydrogen) atoms. The molecule has 0 radical (unpaired) electrons. The van der Waals surface area contributed by atoms with Crippen molar-refractivity contribution in [2.24, 2.45) is 23.7 Å². The number of allylic oxidation sites excluding steroid dienone is 17. The van der Waals surface area contributed by atoms with Crippen molar-refractivity contribution in [1.29, 1.82) is 0 Å². The lowest BCUT2D eigenvalue weighted by Crippen LogP contribution is -2.54. The highest BCUT2D eigenvalue weighted by Crippen LogP contribution is 2.45. The zero-order chi connectivity index (χ0) is 32.3. The van der Waals surface area contributed by atoms with Crippen molar-refractivity contribution in [1.82, 2.24) is 9.80 Å². The van der Waals surface area contributed by atoms with E-state index in [1.165, 1.54) is 82.7 Å². The summed E-state index contributed by atoms with van der Waals surface area (Å²) in [6.45, 7) is 3.44. The molecule has 1 saturated carbocycles. The summed E-state index contributed by atoms with van der Waals surface area (Å²) < 4.78 is 0. The summed E-state index contributed by atoms with van der Waals surface area (Å²) in [6.07, 6.45) is 58.7. The molecule has 7 aliphatic carbocycles. The third kappa shape index (κ3) is 6.54. The van der Waals surface area contributed by atoms with Crippen molar-refractivity contribution < 1.29 is 0 Å². The molecule has 2 heteroatoms. The first kappa shape index (κ1) is 32.0. The van der Waals surface area contributed by atoms with Gasteiger partial charge >= 0.3 is 0 Å². The number of rotatable bonds is 6. The van der Waals surface area contributed by atoms with E-state index < -0.39 is 0 Å². The Bertz CT molecular complexity index is 1540. The van der Waals surface area contributed by atoms with Gasteiger partial charge in [0.25, 0.3) is 0 Å². The van der Waals surface area contributed by atoms with Gasteiger partial charge in [-0.1, -0.05) is 115 Å². The minimum Gasteiger partial charge on any atom is -0.367 e. The lowest BCUT2D eigenvalue weighted by Gasteiger charge is -2.51. The van der Waals surface area contributed by atoms with Gasteiger partial charge in [0.1, 0.15) is 0 Å². The Morgan fingerprint density at radius 1 is 0.729 bits per heavy atom. The van der Waals surface area contributed by atoms with Gasteiger partial charge in [-0.2, -0.15) is 0 Å². The van der Waals surface area contributed by atoms with Gasteiger partial charge in [-0.05, 0) is 113 Å². The molecule has 0 aromatic carbocycles. The maximum Gasteiger partial charge on any atom is 0.0561 e. The molecule has 1 aliphatic heterocycles. The van der Waals surface area contributed by atoms with Crippen molar-refractivity contribution >= 4 is 0 Å². The summed E-state index contributed by atoms with van der Waals surface area (Å²) in [5.41, 5.74) is 9.45. The molecule has 2 nitrogen and oxygen atoms in total. The third-order valence-electron chi connectivity index (χ3n) is 13.1. The van der Waals surface area contributed by atoms with Crippen LogP contribution in [0.15, 0.2) is 131 Å². The van der Waals surface area contributed by atoms with Crippen molar-refractivity contribution in [3.63, 3.8) is 0 Å². The van der Waals surface area contributed by atoms with Gasteiger partial charge in [-0.3, -0.25) is 0 Å². The summed E-state index contributed by atoms with van der Waals surface area (Å²) in [7, 11) is 0. The minimum atomic E-state index is 0.388. The highest BCUT2D eigenvalue weighted by atomic mass is 15.2. The highest BCUT2D eigenvalue weighted by Gasteiger charge is 2.42. The molecule has 0 aromatic heterocycles. The van der Waals surface area contributed by atoms with Crippen molar-refractivity contribution in [2.45, 2.75) is 121 Å². The smallest absolute Gasteiger partial charge is 0.0561 e. The van der Waals surface area contributed by atoms with Crippen molar-refractivity contribution in [3.8, 4) is 0 Å². The average molecular weight is 639 g/mol. The highest BCUT2D eigenvalue weighted by molar-refractivity contribution is 5.43. The van der Waals surface area contributed by atoms with Crippen molar-refractivity contribution in [2.75, 3.05) is 6.54 Å². The fourth-order valence-electron chi connectivity index (χ4n) is 10.6. The fourth-order valence-corrected chi connectivity index (χ4v) is 10.6. The molecule has 0 saturated heterocycles. The molecule has 0 amide bonds. The predicted molar refractivity (Wildman–Crippen MR) is 203 cm³/mol. The van der Waals surface area contributed by atoms with Crippen LogP contribution in [0.4, 0.5) is 0 Å². The van der Waals surface area contributed by atoms with E-state index in [1.54, 1.807) is 28.0 Å². The van der Waals surface area contributed by atoms with Gasteiger partial charge in [0.05, 0.1) is 6.04 Å². The summed E-state index contributed by atoms with van der Waals surface area (Å²) in [5.74, 6) is 2.54. The van der Waals surface area contributed by atoms with E-state index in [9.17, 15) is 0 Å². The zero-order valence-corrected chi connectivity index (χ0v) is 29.5. The van der Waals surface area contributed by atoms with E-state index in [4.69, 9.17) is 0 Å². The van der Waals surface area contributed by atoms with Gasteiger partial charge in [-0.15, -0.1) is 0 Å². The molecular formula is C46H58N2. The quantitative estimate of drug-likeness (QED) is 0.267. The molecule has 1 heterocycles. The molecule has 252 valence electrons. The molecule has 0 aromatic rings. The minimum absolute atomic E-state index is 0.388. The first-order chi connectivity index (χ1) is 23.7. The van der Waals surface area contributed by atoms with Gasteiger partial charge in [0.2, 0.25) is 0 Å². The molecular weight excluding hydrogens is 581 g/mol. The fraction of sp³-hybridized carbons (Fsp3) is 0.522. The van der Waals surface area contributed by atoms with Crippen molar-refractivity contribution in [3.05, 3.63) is 131 Å². The van der Waals surface area contributed by atoms with Crippen LogP contribution in [-0.2, 0) is 0 Å². The Balaban J connectivity index is 1.08. The van der Waals surface area contributed by atoms with Crippen LogP contribution in [0.3, 0.4) is 0 Å². The van der Waals surface area contributed by atoms with Gasteiger partial charge in [-0.25, -0.2) is 0 Å². The zero-order valence-electron chi connectivity index (χ0n) is 29.5. The second-order valence-corrected chi connectivity index (χ2v) is 15.9. The molecule has 0 bridgehead atoms. The molecule has 1 fully saturated rings. The van der Waals surface area contributed by atoms with Crippen LogP contribution in [0.1, 0.15) is 103 Å². The van der Waals surface area contributed by atoms with E-state index in [-0.39, 0.29) is 0 Å². The van der Waals surface area contributed by atoms with Crippen LogP contribution in [0.2, 0.25) is 0 Å². The number of hydrogen-bond donors (Lipinski definition) is 0. The predicted octanol–water partition coefficient (Wildman–Crippen LogP) is 11.4. The Labute approximate surface area is 291 Å². The van der Waals surface area contributed by atoms with Crippen LogP contribution in [0.5, 0.6) is 0 Å². The summed E-state index contributed by atoms with van der Waals surface area (Å²) >= 11 is 0. The molecule has 0 N–H and O–H groups in total. The van der Waals surface area contributed by atoms with Crippen LogP contribution in [-0.4, -0.2) is 34.5 Å². The van der Waals surface area contributed by atoms with E-state index >= 15 is 0 Å². The molecule has 8 rings (SSSR count). The molecule has 6 atom stereocenters. The second kappa shape index (κ2) is 14.7. The van der Waals surface area contributed by atoms with Crippen LogP contribution in [0.25, 0.3) is 0 Å². The van der Waals surface area contributed by atoms with Crippen LogP contribution < -0.4 is 0 Å². The Hall–Kier alpha value is -3.26. The Kier molecular flexibility index (Phi) is 9.79. The lowest BCUT2D eigenvalue weighted by molar-refractivity contribution is 0.0963. The van der Waals surface area contributed by atoms with Gasteiger partial charge < -0.3 is 9.80 Å². The van der Waals surface area contributed by atoms with Gasteiger partial charge in [0.15, 0.2) is 0 Å². The van der Waals surface area contributed by atoms with E-state index in [0.29, 0.717) is 35.9 Å². The first-order valence-electron chi connectivity index (χ1n) is 19.8. The number of fused-ring (bicyclic) bond motifs is 2. The monoisotopic (exact) mass is 638 g/mol. The molecule has 8 aliphatic rings. The van der Waals surface area contributed by atoms with E-state index in [2.05, 4.69) is 114 Å². The summed E-state index contributed by atoms with van der Waals surface area (Å²) in [5, 5.41) is 0.